The summed E-state index contributed by atoms with van der Waals surface area (Å²) >= 11 is 3.51. The molecule has 224 valence electrons. The highest BCUT2D eigenvalue weighted by atomic mass is 32.2. The molecule has 0 unspecified atom stereocenters. The summed E-state index contributed by atoms with van der Waals surface area (Å²) in [4.78, 5) is 13.2. The highest BCUT2D eigenvalue weighted by Crippen LogP contribution is 2.39. The van der Waals surface area contributed by atoms with Gasteiger partial charge in [-0.05, 0) is 40.8 Å². The molecule has 0 radical (unpaired) electrons. The van der Waals surface area contributed by atoms with Crippen molar-refractivity contribution in [1.82, 2.24) is 0 Å². The molecule has 0 heterocycles. The normalized spacial score (nSPS) is 15.4. The van der Waals surface area contributed by atoms with E-state index in [1.165, 1.54) is 7.11 Å². The topological polar surface area (TPSA) is 74.2 Å². The number of rotatable bonds is 17. The number of ether oxygens (including phenoxy) is 3. The van der Waals surface area contributed by atoms with Gasteiger partial charge < -0.3 is 23.7 Å². The Labute approximate surface area is 251 Å². The van der Waals surface area contributed by atoms with Gasteiger partial charge >= 0.3 is 5.97 Å². The second-order valence-corrected chi connectivity index (χ2v) is 19.0. The van der Waals surface area contributed by atoms with Gasteiger partial charge in [-0.1, -0.05) is 95.3 Å². The number of aliphatic hydroxyl groups is 1. The van der Waals surface area contributed by atoms with E-state index < -0.39 is 38.7 Å². The van der Waals surface area contributed by atoms with Crippen LogP contribution in [0.1, 0.15) is 45.7 Å². The Kier molecular flexibility index (Phi) is 14.8. The van der Waals surface area contributed by atoms with Crippen LogP contribution in [0, 0.1) is 0 Å². The molecule has 9 heteroatoms. The van der Waals surface area contributed by atoms with Gasteiger partial charge in [-0.3, -0.25) is 0 Å². The number of esters is 1. The van der Waals surface area contributed by atoms with Crippen LogP contribution in [0.4, 0.5) is 0 Å². The maximum absolute atomic E-state index is 13.2. The maximum Gasteiger partial charge on any atom is 0.336 e. The third-order valence-electron chi connectivity index (χ3n) is 7.13. The van der Waals surface area contributed by atoms with E-state index >= 15 is 0 Å². The summed E-state index contributed by atoms with van der Waals surface area (Å²) in [6.45, 7) is 15.2. The lowest BCUT2D eigenvalue weighted by Crippen LogP contribution is -2.57. The predicted octanol–water partition coefficient (Wildman–Crippen LogP) is 6.91. The van der Waals surface area contributed by atoms with Crippen molar-refractivity contribution in [3.63, 3.8) is 0 Å². The van der Waals surface area contributed by atoms with E-state index in [-0.39, 0.29) is 16.2 Å². The first-order valence-corrected chi connectivity index (χ1v) is 18.9. The Morgan fingerprint density at radius 3 is 1.70 bits per heavy atom. The van der Waals surface area contributed by atoms with Crippen molar-refractivity contribution in [2.45, 2.75) is 95.0 Å². The first kappa shape index (κ1) is 34.9. The van der Waals surface area contributed by atoms with Gasteiger partial charge in [0.15, 0.2) is 14.4 Å². The molecule has 2 rings (SSSR count). The summed E-state index contributed by atoms with van der Waals surface area (Å²) in [6, 6.07) is 19.8. The van der Waals surface area contributed by atoms with E-state index in [1.807, 2.05) is 60.7 Å². The molecule has 40 heavy (non-hydrogen) atoms. The third-order valence-corrected chi connectivity index (χ3v) is 14.3. The zero-order chi connectivity index (χ0) is 29.8. The lowest BCUT2D eigenvalue weighted by Gasteiger charge is -2.42. The fourth-order valence-corrected chi connectivity index (χ4v) is 7.78. The first-order chi connectivity index (χ1) is 18.9. The minimum absolute atomic E-state index is 0.0414. The minimum Gasteiger partial charge on any atom is -0.467 e. The van der Waals surface area contributed by atoms with E-state index in [9.17, 15) is 9.90 Å². The van der Waals surface area contributed by atoms with Crippen molar-refractivity contribution in [3.8, 4) is 0 Å². The monoisotopic (exact) mass is 608 g/mol. The zero-order valence-electron chi connectivity index (χ0n) is 25.3. The number of hydrogen-bond acceptors (Lipinski definition) is 8. The van der Waals surface area contributed by atoms with Gasteiger partial charge in [0.05, 0.1) is 24.9 Å². The first-order valence-electron chi connectivity index (χ1n) is 13.9. The Hall–Kier alpha value is -1.33. The molecule has 0 aliphatic rings. The molecule has 0 saturated carbocycles. The van der Waals surface area contributed by atoms with Crippen LogP contribution in [0.25, 0.3) is 0 Å². The van der Waals surface area contributed by atoms with Gasteiger partial charge in [0.2, 0.25) is 0 Å². The quantitative estimate of drug-likeness (QED) is 0.118. The summed E-state index contributed by atoms with van der Waals surface area (Å²) in [5.41, 5.74) is 1.98. The van der Waals surface area contributed by atoms with Crippen LogP contribution in [0.3, 0.4) is 0 Å². The molecule has 0 spiro atoms. The molecule has 0 saturated heterocycles. The Morgan fingerprint density at radius 2 is 1.30 bits per heavy atom. The van der Waals surface area contributed by atoms with E-state index in [0.717, 1.165) is 22.6 Å². The largest absolute Gasteiger partial charge is 0.467 e. The fraction of sp³-hybridized carbons (Fsp3) is 0.581. The summed E-state index contributed by atoms with van der Waals surface area (Å²) in [5.74, 6) is 1.12. The molecule has 0 amide bonds. The number of hydrogen-bond donors (Lipinski definition) is 1. The van der Waals surface area contributed by atoms with Crippen LogP contribution in [-0.2, 0) is 36.6 Å². The van der Waals surface area contributed by atoms with Gasteiger partial charge in [-0.25, -0.2) is 4.79 Å². The standard InChI is InChI=1S/C31H48O6S2Si/c1-9-38-30(39-10-2)28(36-22-24-19-15-12-16-20-24)26(35-21-23-17-13-11-14-18-23)25(32)27(29(33)34-6)37-40(7,8)31(3,4)5/h11-20,25-28,30,32H,9-10,21-22H2,1-8H3/t25-,26-,27-,28+/m0/s1. The molecule has 2 aromatic carbocycles. The van der Waals surface area contributed by atoms with Crippen molar-refractivity contribution in [1.29, 1.82) is 0 Å². The van der Waals surface area contributed by atoms with Crippen LogP contribution in [-0.4, -0.2) is 67.0 Å². The average molecular weight is 609 g/mol. The fourth-order valence-electron chi connectivity index (χ4n) is 3.86. The van der Waals surface area contributed by atoms with Crippen LogP contribution in [0.15, 0.2) is 60.7 Å². The van der Waals surface area contributed by atoms with E-state index in [0.29, 0.717) is 6.61 Å². The van der Waals surface area contributed by atoms with Crippen molar-refractivity contribution < 1.29 is 28.5 Å². The molecule has 4 atom stereocenters. The van der Waals surface area contributed by atoms with Crippen molar-refractivity contribution in [2.75, 3.05) is 18.6 Å². The molecular formula is C31H48O6S2Si. The van der Waals surface area contributed by atoms with Crippen molar-refractivity contribution >= 4 is 37.8 Å². The molecule has 0 bridgehead atoms. The summed E-state index contributed by atoms with van der Waals surface area (Å²) in [7, 11) is -1.15. The summed E-state index contributed by atoms with van der Waals surface area (Å²) in [6.07, 6.45) is -3.93. The summed E-state index contributed by atoms with van der Waals surface area (Å²) < 4.78 is 24.8. The van der Waals surface area contributed by atoms with Crippen LogP contribution in [0.2, 0.25) is 18.1 Å². The average Bonchev–Trinajstić information content (AvgIpc) is 2.93. The van der Waals surface area contributed by atoms with Crippen LogP contribution in [0.5, 0.6) is 0 Å². The molecule has 0 aliphatic carbocycles. The molecule has 0 aliphatic heterocycles. The van der Waals surface area contributed by atoms with Crippen LogP contribution < -0.4 is 0 Å². The lowest BCUT2D eigenvalue weighted by molar-refractivity contribution is -0.175. The number of carbonyl (C=O) groups is 1. The molecule has 0 aromatic heterocycles. The smallest absolute Gasteiger partial charge is 0.336 e. The molecule has 1 N–H and O–H groups in total. The molecule has 0 fully saturated rings. The molecule has 2 aromatic rings. The Balaban J connectivity index is 2.54. The lowest BCUT2D eigenvalue weighted by atomic mass is 10.0. The Morgan fingerprint density at radius 1 is 0.850 bits per heavy atom. The predicted molar refractivity (Wildman–Crippen MR) is 170 cm³/mol. The number of aliphatic hydroxyl groups excluding tert-OH is 1. The highest BCUT2D eigenvalue weighted by Gasteiger charge is 2.48. The molecule has 6 nitrogen and oxygen atoms in total. The zero-order valence-corrected chi connectivity index (χ0v) is 27.9. The number of carbonyl (C=O) groups excluding carboxylic acids is 1. The summed E-state index contributed by atoms with van der Waals surface area (Å²) in [5, 5.41) is 11.8. The second kappa shape index (κ2) is 16.9. The minimum atomic E-state index is -2.47. The van der Waals surface area contributed by atoms with Gasteiger partial charge in [-0.15, -0.1) is 23.5 Å². The van der Waals surface area contributed by atoms with Crippen molar-refractivity contribution in [3.05, 3.63) is 71.8 Å². The second-order valence-electron chi connectivity index (χ2n) is 11.1. The van der Waals surface area contributed by atoms with Gasteiger partial charge in [0, 0.05) is 0 Å². The van der Waals surface area contributed by atoms with Crippen LogP contribution >= 0.6 is 23.5 Å². The third kappa shape index (κ3) is 10.5. The molecular weight excluding hydrogens is 561 g/mol. The van der Waals surface area contributed by atoms with Gasteiger partial charge in [0.1, 0.15) is 18.3 Å². The van der Waals surface area contributed by atoms with Gasteiger partial charge in [-0.2, -0.15) is 0 Å². The van der Waals surface area contributed by atoms with Crippen molar-refractivity contribution in [2.24, 2.45) is 0 Å². The number of thioether (sulfide) groups is 2. The SMILES string of the molecule is CCSC(SCC)[C@H](OCc1ccccc1)[C@@H](OCc1ccccc1)[C@H](O)[C@H](O[Si](C)(C)C(C)(C)C)C(=O)OC. The van der Waals surface area contributed by atoms with Gasteiger partial charge in [0.25, 0.3) is 0 Å². The highest BCUT2D eigenvalue weighted by molar-refractivity contribution is 8.17. The Bertz CT molecular complexity index is 980. The van der Waals surface area contributed by atoms with E-state index in [2.05, 4.69) is 47.7 Å². The number of benzene rings is 2. The number of methoxy groups -OCH3 is 1. The van der Waals surface area contributed by atoms with E-state index in [1.54, 1.807) is 23.5 Å². The van der Waals surface area contributed by atoms with E-state index in [4.69, 9.17) is 18.6 Å². The maximum atomic E-state index is 13.2.